The van der Waals surface area contributed by atoms with E-state index in [1.54, 1.807) is 0 Å². The third-order valence-electron chi connectivity index (χ3n) is 5.06. The minimum absolute atomic E-state index is 0.0696. The fourth-order valence-electron chi connectivity index (χ4n) is 4.13. The van der Waals surface area contributed by atoms with Crippen molar-refractivity contribution in [3.8, 4) is 5.75 Å². The lowest BCUT2D eigenvalue weighted by Crippen LogP contribution is -2.43. The summed E-state index contributed by atoms with van der Waals surface area (Å²) in [5.74, 6) is 1.38. The Balaban J connectivity index is 1.71. The highest BCUT2D eigenvalue weighted by atomic mass is 16.5. The van der Waals surface area contributed by atoms with Gasteiger partial charge < -0.3 is 20.7 Å². The van der Waals surface area contributed by atoms with E-state index in [4.69, 9.17) is 10.5 Å². The molecule has 2 atom stereocenters. The van der Waals surface area contributed by atoms with Crippen molar-refractivity contribution in [3.05, 3.63) is 12.1 Å². The SMILES string of the molecule is Nc1cc2c(cc1N1CCCC3CCCC31)NC(=O)CO2. The maximum atomic E-state index is 11.5. The largest absolute Gasteiger partial charge is 0.482 e. The molecule has 1 amide bonds. The van der Waals surface area contributed by atoms with E-state index < -0.39 is 0 Å². The molecule has 5 heteroatoms. The summed E-state index contributed by atoms with van der Waals surface area (Å²) in [4.78, 5) is 14.0. The van der Waals surface area contributed by atoms with Gasteiger partial charge >= 0.3 is 0 Å². The van der Waals surface area contributed by atoms with Crippen molar-refractivity contribution in [2.24, 2.45) is 5.92 Å². The van der Waals surface area contributed by atoms with E-state index in [0.717, 1.165) is 29.5 Å². The topological polar surface area (TPSA) is 67.6 Å². The van der Waals surface area contributed by atoms with E-state index in [9.17, 15) is 4.79 Å². The van der Waals surface area contributed by atoms with Crippen LogP contribution in [0.2, 0.25) is 0 Å². The second-order valence-corrected chi connectivity index (χ2v) is 6.34. The zero-order chi connectivity index (χ0) is 14.4. The van der Waals surface area contributed by atoms with Crippen LogP contribution in [-0.4, -0.2) is 25.1 Å². The minimum Gasteiger partial charge on any atom is -0.482 e. The molecule has 3 aliphatic rings. The number of rotatable bonds is 1. The molecule has 1 aromatic carbocycles. The molecule has 2 heterocycles. The number of piperidine rings is 1. The lowest BCUT2D eigenvalue weighted by atomic mass is 9.91. The van der Waals surface area contributed by atoms with Gasteiger partial charge in [0.1, 0.15) is 5.75 Å². The number of nitrogens with zero attached hydrogens (tertiary/aromatic N) is 1. The maximum absolute atomic E-state index is 11.5. The quantitative estimate of drug-likeness (QED) is 0.778. The Morgan fingerprint density at radius 2 is 2.10 bits per heavy atom. The predicted octanol–water partition coefficient (Wildman–Crippen LogP) is 2.37. The summed E-state index contributed by atoms with van der Waals surface area (Å²) in [5, 5.41) is 2.88. The number of hydrogen-bond donors (Lipinski definition) is 2. The number of carbonyl (C=O) groups is 1. The summed E-state index contributed by atoms with van der Waals surface area (Å²) in [7, 11) is 0. The van der Waals surface area contributed by atoms with Gasteiger partial charge in [0.05, 0.1) is 17.1 Å². The fourth-order valence-corrected chi connectivity index (χ4v) is 4.13. The molecule has 0 radical (unpaired) electrons. The molecule has 1 aromatic rings. The van der Waals surface area contributed by atoms with Crippen LogP contribution in [0.3, 0.4) is 0 Å². The third-order valence-corrected chi connectivity index (χ3v) is 5.06. The monoisotopic (exact) mass is 287 g/mol. The first kappa shape index (κ1) is 12.8. The van der Waals surface area contributed by atoms with Crippen LogP contribution in [0.1, 0.15) is 32.1 Å². The van der Waals surface area contributed by atoms with E-state index in [1.807, 2.05) is 12.1 Å². The van der Waals surface area contributed by atoms with Gasteiger partial charge in [-0.25, -0.2) is 0 Å². The van der Waals surface area contributed by atoms with Crippen molar-refractivity contribution < 1.29 is 9.53 Å². The second-order valence-electron chi connectivity index (χ2n) is 6.34. The van der Waals surface area contributed by atoms with E-state index in [2.05, 4.69) is 10.2 Å². The molecule has 0 bridgehead atoms. The van der Waals surface area contributed by atoms with Gasteiger partial charge in [0.25, 0.3) is 5.91 Å². The summed E-state index contributed by atoms with van der Waals surface area (Å²) in [6.45, 7) is 1.12. The molecule has 112 valence electrons. The van der Waals surface area contributed by atoms with Crippen molar-refractivity contribution in [1.29, 1.82) is 0 Å². The van der Waals surface area contributed by atoms with Crippen molar-refractivity contribution >= 4 is 23.0 Å². The second kappa shape index (κ2) is 4.83. The van der Waals surface area contributed by atoms with E-state index >= 15 is 0 Å². The highest BCUT2D eigenvalue weighted by molar-refractivity contribution is 5.97. The summed E-state index contributed by atoms with van der Waals surface area (Å²) in [6, 6.07) is 4.45. The van der Waals surface area contributed by atoms with Crippen LogP contribution in [0.25, 0.3) is 0 Å². The van der Waals surface area contributed by atoms with Crippen molar-refractivity contribution in [2.45, 2.75) is 38.1 Å². The number of ether oxygens (including phenoxy) is 1. The molecule has 1 aliphatic carbocycles. The molecule has 4 rings (SSSR count). The van der Waals surface area contributed by atoms with E-state index in [0.29, 0.717) is 11.8 Å². The summed E-state index contributed by atoms with van der Waals surface area (Å²) in [5.41, 5.74) is 8.80. The van der Waals surface area contributed by atoms with Crippen LogP contribution >= 0.6 is 0 Å². The molecule has 21 heavy (non-hydrogen) atoms. The van der Waals surface area contributed by atoms with E-state index in [-0.39, 0.29) is 12.5 Å². The number of carbonyl (C=O) groups excluding carboxylic acids is 1. The lowest BCUT2D eigenvalue weighted by Gasteiger charge is -2.40. The van der Waals surface area contributed by atoms with Gasteiger partial charge in [0, 0.05) is 18.7 Å². The lowest BCUT2D eigenvalue weighted by molar-refractivity contribution is -0.118. The van der Waals surface area contributed by atoms with Crippen LogP contribution in [0.4, 0.5) is 17.1 Å². The maximum Gasteiger partial charge on any atom is 0.262 e. The molecule has 2 aliphatic heterocycles. The van der Waals surface area contributed by atoms with Crippen molar-refractivity contribution in [1.82, 2.24) is 0 Å². The average Bonchev–Trinajstić information content (AvgIpc) is 2.95. The highest BCUT2D eigenvalue weighted by Gasteiger charge is 2.36. The zero-order valence-electron chi connectivity index (χ0n) is 12.1. The number of nitrogen functional groups attached to an aromatic ring is 1. The molecule has 2 fully saturated rings. The Hall–Kier alpha value is -1.91. The minimum atomic E-state index is -0.101. The molecular weight excluding hydrogens is 266 g/mol. The number of hydrogen-bond acceptors (Lipinski definition) is 4. The van der Waals surface area contributed by atoms with Gasteiger partial charge in [-0.1, -0.05) is 6.42 Å². The number of nitrogens with one attached hydrogen (secondary N) is 1. The molecule has 1 saturated heterocycles. The normalized spacial score (nSPS) is 27.6. The standard InChI is InChI=1S/C16H21N3O2/c17-11-7-15-12(18-16(20)9-21-15)8-14(11)19-6-2-4-10-3-1-5-13(10)19/h7-8,10,13H,1-6,9,17H2,(H,18,20). The van der Waals surface area contributed by atoms with Gasteiger partial charge in [0.2, 0.25) is 0 Å². The van der Waals surface area contributed by atoms with Gasteiger partial charge in [-0.3, -0.25) is 4.79 Å². The van der Waals surface area contributed by atoms with Crippen molar-refractivity contribution in [3.63, 3.8) is 0 Å². The Morgan fingerprint density at radius 3 is 3.00 bits per heavy atom. The molecule has 2 unspecified atom stereocenters. The van der Waals surface area contributed by atoms with Crippen LogP contribution in [0.5, 0.6) is 5.75 Å². The molecular formula is C16H21N3O2. The van der Waals surface area contributed by atoms with Crippen molar-refractivity contribution in [2.75, 3.05) is 29.1 Å². The summed E-state index contributed by atoms with van der Waals surface area (Å²) >= 11 is 0. The van der Waals surface area contributed by atoms with E-state index in [1.165, 1.54) is 32.1 Å². The predicted molar refractivity (Wildman–Crippen MR) is 82.7 cm³/mol. The fraction of sp³-hybridized carbons (Fsp3) is 0.562. The zero-order valence-corrected chi connectivity index (χ0v) is 12.1. The molecule has 5 nitrogen and oxygen atoms in total. The Bertz CT molecular complexity index is 587. The smallest absolute Gasteiger partial charge is 0.262 e. The number of amides is 1. The van der Waals surface area contributed by atoms with Crippen LogP contribution in [0, 0.1) is 5.92 Å². The average molecular weight is 287 g/mol. The summed E-state index contributed by atoms with van der Waals surface area (Å²) < 4.78 is 5.43. The Labute approximate surface area is 124 Å². The molecule has 1 saturated carbocycles. The van der Waals surface area contributed by atoms with Gasteiger partial charge in [0.15, 0.2) is 6.61 Å². The Morgan fingerprint density at radius 1 is 1.24 bits per heavy atom. The van der Waals surface area contributed by atoms with Gasteiger partial charge in [-0.15, -0.1) is 0 Å². The first-order chi connectivity index (χ1) is 10.2. The van der Waals surface area contributed by atoms with Crippen LogP contribution in [0.15, 0.2) is 12.1 Å². The number of anilines is 3. The molecule has 0 aromatic heterocycles. The van der Waals surface area contributed by atoms with Gasteiger partial charge in [-0.05, 0) is 37.7 Å². The van der Waals surface area contributed by atoms with Crippen LogP contribution < -0.4 is 20.7 Å². The third kappa shape index (κ3) is 2.11. The van der Waals surface area contributed by atoms with Gasteiger partial charge in [-0.2, -0.15) is 0 Å². The van der Waals surface area contributed by atoms with Crippen LogP contribution in [-0.2, 0) is 4.79 Å². The Kier molecular flexibility index (Phi) is 2.94. The summed E-state index contributed by atoms with van der Waals surface area (Å²) in [6.07, 6.45) is 6.47. The number of nitrogens with two attached hydrogens (primary N) is 1. The first-order valence-electron chi connectivity index (χ1n) is 7.85. The number of benzene rings is 1. The number of fused-ring (bicyclic) bond motifs is 2. The molecule has 3 N–H and O–H groups in total. The first-order valence-corrected chi connectivity index (χ1v) is 7.85. The highest BCUT2D eigenvalue weighted by Crippen LogP contribution is 2.43. The molecule has 0 spiro atoms.